The molecule has 0 radical (unpaired) electrons. The normalized spacial score (nSPS) is 12.6. The standard InChI is InChI=1S/C13H17N3O2/c1-2-9(14)8-15-13(17)7-11-10-5-3-4-6-12(10)18-16-11/h3-6,9H,2,7-8,14H2,1H3,(H,15,17). The molecule has 1 atom stereocenters. The molecule has 3 N–H and O–H groups in total. The van der Waals surface area contributed by atoms with Crippen molar-refractivity contribution >= 4 is 16.9 Å². The van der Waals surface area contributed by atoms with Gasteiger partial charge in [0.15, 0.2) is 5.58 Å². The molecular formula is C13H17N3O2. The Morgan fingerprint density at radius 2 is 2.28 bits per heavy atom. The molecular weight excluding hydrogens is 230 g/mol. The second-order valence-electron chi connectivity index (χ2n) is 4.27. The van der Waals surface area contributed by atoms with Gasteiger partial charge in [-0.1, -0.05) is 24.2 Å². The fraction of sp³-hybridized carbons (Fsp3) is 0.385. The molecule has 0 aliphatic rings. The van der Waals surface area contributed by atoms with E-state index < -0.39 is 0 Å². The third-order valence-corrected chi connectivity index (χ3v) is 2.87. The van der Waals surface area contributed by atoms with E-state index in [1.807, 2.05) is 31.2 Å². The lowest BCUT2D eigenvalue weighted by Crippen LogP contribution is -2.37. The highest BCUT2D eigenvalue weighted by atomic mass is 16.5. The van der Waals surface area contributed by atoms with Crippen molar-refractivity contribution in [1.29, 1.82) is 0 Å². The van der Waals surface area contributed by atoms with E-state index >= 15 is 0 Å². The molecule has 1 heterocycles. The van der Waals surface area contributed by atoms with Crippen molar-refractivity contribution in [3.05, 3.63) is 30.0 Å². The van der Waals surface area contributed by atoms with E-state index in [0.717, 1.165) is 11.8 Å². The molecule has 1 amide bonds. The number of para-hydroxylation sites is 1. The minimum atomic E-state index is -0.0852. The van der Waals surface area contributed by atoms with Crippen LogP contribution >= 0.6 is 0 Å². The van der Waals surface area contributed by atoms with E-state index in [1.54, 1.807) is 0 Å². The monoisotopic (exact) mass is 247 g/mol. The summed E-state index contributed by atoms with van der Waals surface area (Å²) < 4.78 is 5.14. The van der Waals surface area contributed by atoms with Gasteiger partial charge in [0.1, 0.15) is 5.69 Å². The van der Waals surface area contributed by atoms with Crippen LogP contribution in [-0.4, -0.2) is 23.7 Å². The maximum atomic E-state index is 11.7. The van der Waals surface area contributed by atoms with Crippen LogP contribution in [0.15, 0.2) is 28.8 Å². The molecule has 2 rings (SSSR count). The molecule has 1 unspecified atom stereocenters. The summed E-state index contributed by atoms with van der Waals surface area (Å²) >= 11 is 0. The summed E-state index contributed by atoms with van der Waals surface area (Å²) in [6.07, 6.45) is 1.06. The third kappa shape index (κ3) is 2.87. The molecule has 18 heavy (non-hydrogen) atoms. The molecule has 0 bridgehead atoms. The first-order chi connectivity index (χ1) is 8.70. The van der Waals surface area contributed by atoms with Crippen molar-refractivity contribution in [2.45, 2.75) is 25.8 Å². The second kappa shape index (κ2) is 5.64. The highest BCUT2D eigenvalue weighted by molar-refractivity contribution is 5.86. The molecule has 0 saturated heterocycles. The number of nitrogens with two attached hydrogens (primary N) is 1. The molecule has 0 aliphatic heterocycles. The Hall–Kier alpha value is -1.88. The van der Waals surface area contributed by atoms with Gasteiger partial charge in [-0.3, -0.25) is 4.79 Å². The van der Waals surface area contributed by atoms with Crippen LogP contribution in [-0.2, 0) is 11.2 Å². The Labute approximate surface area is 105 Å². The molecule has 96 valence electrons. The molecule has 5 nitrogen and oxygen atoms in total. The lowest BCUT2D eigenvalue weighted by molar-refractivity contribution is -0.120. The van der Waals surface area contributed by atoms with Gasteiger partial charge < -0.3 is 15.6 Å². The van der Waals surface area contributed by atoms with Crippen LogP contribution < -0.4 is 11.1 Å². The van der Waals surface area contributed by atoms with Gasteiger partial charge in [-0.25, -0.2) is 0 Å². The summed E-state index contributed by atoms with van der Waals surface area (Å²) in [4.78, 5) is 11.7. The first-order valence-corrected chi connectivity index (χ1v) is 6.06. The van der Waals surface area contributed by atoms with Gasteiger partial charge >= 0.3 is 0 Å². The van der Waals surface area contributed by atoms with E-state index in [-0.39, 0.29) is 18.4 Å². The second-order valence-corrected chi connectivity index (χ2v) is 4.27. The smallest absolute Gasteiger partial charge is 0.226 e. The lowest BCUT2D eigenvalue weighted by Gasteiger charge is -2.09. The third-order valence-electron chi connectivity index (χ3n) is 2.87. The zero-order valence-electron chi connectivity index (χ0n) is 10.3. The SMILES string of the molecule is CCC(N)CNC(=O)Cc1noc2ccccc12. The number of nitrogens with one attached hydrogen (secondary N) is 1. The van der Waals surface area contributed by atoms with E-state index in [2.05, 4.69) is 10.5 Å². The molecule has 0 saturated carbocycles. The number of benzene rings is 1. The Bertz CT molecular complexity index is 536. The highest BCUT2D eigenvalue weighted by Crippen LogP contribution is 2.17. The Kier molecular flexibility index (Phi) is 3.94. The number of amides is 1. The summed E-state index contributed by atoms with van der Waals surface area (Å²) in [5.74, 6) is -0.0852. The van der Waals surface area contributed by atoms with Crippen molar-refractivity contribution < 1.29 is 9.32 Å². The number of carbonyl (C=O) groups excluding carboxylic acids is 1. The van der Waals surface area contributed by atoms with Crippen LogP contribution in [0.4, 0.5) is 0 Å². The molecule has 0 spiro atoms. The number of aromatic nitrogens is 1. The minimum absolute atomic E-state index is 0.00278. The van der Waals surface area contributed by atoms with Gasteiger partial charge in [-0.2, -0.15) is 0 Å². The molecule has 0 aliphatic carbocycles. The Balaban J connectivity index is 1.99. The Morgan fingerprint density at radius 3 is 3.06 bits per heavy atom. The number of carbonyl (C=O) groups is 1. The van der Waals surface area contributed by atoms with Crippen molar-refractivity contribution in [2.24, 2.45) is 5.73 Å². The summed E-state index contributed by atoms with van der Waals surface area (Å²) in [7, 11) is 0. The van der Waals surface area contributed by atoms with Gasteiger partial charge in [-0.15, -0.1) is 0 Å². The van der Waals surface area contributed by atoms with E-state index in [0.29, 0.717) is 17.8 Å². The first kappa shape index (κ1) is 12.6. The summed E-state index contributed by atoms with van der Waals surface area (Å²) in [6.45, 7) is 2.48. The topological polar surface area (TPSA) is 81.1 Å². The molecule has 2 aromatic rings. The van der Waals surface area contributed by atoms with Crippen LogP contribution in [0.5, 0.6) is 0 Å². The lowest BCUT2D eigenvalue weighted by atomic mass is 10.1. The minimum Gasteiger partial charge on any atom is -0.356 e. The van der Waals surface area contributed by atoms with E-state index in [4.69, 9.17) is 10.3 Å². The first-order valence-electron chi connectivity index (χ1n) is 6.06. The van der Waals surface area contributed by atoms with E-state index in [1.165, 1.54) is 0 Å². The molecule has 1 aromatic carbocycles. The van der Waals surface area contributed by atoms with Gasteiger partial charge in [0, 0.05) is 18.0 Å². The quantitative estimate of drug-likeness (QED) is 0.832. The summed E-state index contributed by atoms with van der Waals surface area (Å²) in [6, 6.07) is 7.50. The molecule has 0 fully saturated rings. The number of nitrogens with zero attached hydrogens (tertiary/aromatic N) is 1. The molecule has 1 aromatic heterocycles. The van der Waals surface area contributed by atoms with Crippen LogP contribution in [0.25, 0.3) is 11.0 Å². The fourth-order valence-corrected chi connectivity index (χ4v) is 1.67. The maximum absolute atomic E-state index is 11.7. The largest absolute Gasteiger partial charge is 0.356 e. The average molecular weight is 247 g/mol. The number of hydrogen-bond acceptors (Lipinski definition) is 4. The predicted molar refractivity (Wildman–Crippen MR) is 69.0 cm³/mol. The van der Waals surface area contributed by atoms with Crippen LogP contribution in [0.2, 0.25) is 0 Å². The zero-order chi connectivity index (χ0) is 13.0. The van der Waals surface area contributed by atoms with Crippen LogP contribution in [0, 0.1) is 0 Å². The van der Waals surface area contributed by atoms with Crippen molar-refractivity contribution in [3.8, 4) is 0 Å². The maximum Gasteiger partial charge on any atom is 0.226 e. The summed E-state index contributed by atoms with van der Waals surface area (Å²) in [5.41, 5.74) is 7.10. The number of hydrogen-bond donors (Lipinski definition) is 2. The highest BCUT2D eigenvalue weighted by Gasteiger charge is 2.12. The van der Waals surface area contributed by atoms with Gasteiger partial charge in [0.05, 0.1) is 6.42 Å². The van der Waals surface area contributed by atoms with Crippen LogP contribution in [0.3, 0.4) is 0 Å². The Morgan fingerprint density at radius 1 is 1.50 bits per heavy atom. The van der Waals surface area contributed by atoms with Crippen molar-refractivity contribution in [3.63, 3.8) is 0 Å². The van der Waals surface area contributed by atoms with Crippen molar-refractivity contribution in [1.82, 2.24) is 10.5 Å². The predicted octanol–water partition coefficient (Wildman–Crippen LogP) is 1.22. The fourth-order valence-electron chi connectivity index (χ4n) is 1.67. The van der Waals surface area contributed by atoms with Gasteiger partial charge in [-0.05, 0) is 18.6 Å². The zero-order valence-corrected chi connectivity index (χ0v) is 10.3. The van der Waals surface area contributed by atoms with Gasteiger partial charge in [0.25, 0.3) is 0 Å². The summed E-state index contributed by atoms with van der Waals surface area (Å²) in [5, 5.41) is 7.59. The van der Waals surface area contributed by atoms with E-state index in [9.17, 15) is 4.79 Å². The number of rotatable bonds is 5. The number of fused-ring (bicyclic) bond motifs is 1. The van der Waals surface area contributed by atoms with Crippen LogP contribution in [0.1, 0.15) is 19.0 Å². The average Bonchev–Trinajstić information content (AvgIpc) is 2.79. The van der Waals surface area contributed by atoms with Gasteiger partial charge in [0.2, 0.25) is 5.91 Å². The van der Waals surface area contributed by atoms with Crippen molar-refractivity contribution in [2.75, 3.05) is 6.54 Å². The molecule has 5 heteroatoms.